The van der Waals surface area contributed by atoms with Crippen molar-refractivity contribution in [3.8, 4) is 0 Å². The van der Waals surface area contributed by atoms with E-state index in [1.807, 2.05) is 29.2 Å². The van der Waals surface area contributed by atoms with Crippen LogP contribution in [0.25, 0.3) is 0 Å². The predicted molar refractivity (Wildman–Crippen MR) is 85.0 cm³/mol. The second-order valence-corrected chi connectivity index (χ2v) is 5.90. The van der Waals surface area contributed by atoms with Crippen LogP contribution in [-0.2, 0) is 16.0 Å². The Morgan fingerprint density at radius 1 is 1.38 bits per heavy atom. The lowest BCUT2D eigenvalue weighted by molar-refractivity contribution is -0.134. The molecule has 2 N–H and O–H groups in total. The van der Waals surface area contributed by atoms with Crippen molar-refractivity contribution < 1.29 is 9.53 Å². The zero-order chi connectivity index (χ0) is 15.2. The van der Waals surface area contributed by atoms with Gasteiger partial charge in [-0.05, 0) is 49.8 Å². The molecule has 0 radical (unpaired) electrons. The number of anilines is 1. The molecule has 116 valence electrons. The quantitative estimate of drug-likeness (QED) is 0.748. The van der Waals surface area contributed by atoms with Crippen LogP contribution >= 0.6 is 0 Å². The first-order chi connectivity index (χ1) is 10.1. The highest BCUT2D eigenvalue weighted by molar-refractivity contribution is 5.77. The van der Waals surface area contributed by atoms with Gasteiger partial charge in [-0.2, -0.15) is 0 Å². The van der Waals surface area contributed by atoms with Crippen molar-refractivity contribution in [1.29, 1.82) is 0 Å². The summed E-state index contributed by atoms with van der Waals surface area (Å²) >= 11 is 0. The number of methoxy groups -OCH3 is 1. The molecule has 0 aliphatic heterocycles. The van der Waals surface area contributed by atoms with Gasteiger partial charge in [0.25, 0.3) is 0 Å². The Labute approximate surface area is 127 Å². The predicted octanol–water partition coefficient (Wildman–Crippen LogP) is 2.47. The molecule has 1 fully saturated rings. The van der Waals surface area contributed by atoms with Gasteiger partial charge in [0.15, 0.2) is 0 Å². The van der Waals surface area contributed by atoms with Crippen LogP contribution in [-0.4, -0.2) is 37.1 Å². The summed E-state index contributed by atoms with van der Waals surface area (Å²) in [5.41, 5.74) is 7.59. The van der Waals surface area contributed by atoms with Gasteiger partial charge >= 0.3 is 0 Å². The summed E-state index contributed by atoms with van der Waals surface area (Å²) in [4.78, 5) is 14.5. The summed E-state index contributed by atoms with van der Waals surface area (Å²) in [6.45, 7) is 3.45. The third-order valence-electron chi connectivity index (χ3n) is 4.26. The van der Waals surface area contributed by atoms with Crippen molar-refractivity contribution in [2.24, 2.45) is 5.92 Å². The fourth-order valence-corrected chi connectivity index (χ4v) is 2.66. The minimum absolute atomic E-state index is 0.225. The van der Waals surface area contributed by atoms with Crippen LogP contribution in [0.3, 0.4) is 0 Å². The van der Waals surface area contributed by atoms with E-state index in [0.29, 0.717) is 31.5 Å². The molecular weight excluding hydrogens is 264 g/mol. The summed E-state index contributed by atoms with van der Waals surface area (Å²) in [6, 6.07) is 8.09. The van der Waals surface area contributed by atoms with E-state index in [4.69, 9.17) is 10.5 Å². The van der Waals surface area contributed by atoms with Crippen LogP contribution in [0.1, 0.15) is 31.7 Å². The van der Waals surface area contributed by atoms with Gasteiger partial charge in [0.05, 0.1) is 6.61 Å². The standard InChI is InChI=1S/C17H26N2O2/c1-13(15-6-7-15)19(11-12-21-2)17(20)10-5-14-3-8-16(18)9-4-14/h3-4,8-9,13,15H,5-7,10-12,18H2,1-2H3. The smallest absolute Gasteiger partial charge is 0.223 e. The number of carbonyl (C=O) groups excluding carboxylic acids is 1. The molecule has 4 heteroatoms. The molecule has 1 aliphatic rings. The Kier molecular flexibility index (Phi) is 5.62. The average Bonchev–Trinajstić information content (AvgIpc) is 3.31. The highest BCUT2D eigenvalue weighted by Gasteiger charge is 2.33. The van der Waals surface area contributed by atoms with Crippen LogP contribution in [0.15, 0.2) is 24.3 Å². The van der Waals surface area contributed by atoms with E-state index in [0.717, 1.165) is 17.7 Å². The lowest BCUT2D eigenvalue weighted by Crippen LogP contribution is -2.42. The maximum absolute atomic E-state index is 12.5. The van der Waals surface area contributed by atoms with Crippen molar-refractivity contribution >= 4 is 11.6 Å². The number of carbonyl (C=O) groups is 1. The molecular formula is C17H26N2O2. The number of nitrogen functional groups attached to an aromatic ring is 1. The molecule has 1 saturated carbocycles. The molecule has 0 heterocycles. The number of nitrogens with two attached hydrogens (primary N) is 1. The monoisotopic (exact) mass is 290 g/mol. The van der Waals surface area contributed by atoms with Crippen molar-refractivity contribution in [3.05, 3.63) is 29.8 Å². The van der Waals surface area contributed by atoms with Crippen molar-refractivity contribution in [2.75, 3.05) is 26.0 Å². The fraction of sp³-hybridized carbons (Fsp3) is 0.588. The van der Waals surface area contributed by atoms with Gasteiger partial charge in [-0.3, -0.25) is 4.79 Å². The van der Waals surface area contributed by atoms with Crippen LogP contribution in [0.2, 0.25) is 0 Å². The van der Waals surface area contributed by atoms with Gasteiger partial charge < -0.3 is 15.4 Å². The molecule has 0 bridgehead atoms. The number of aryl methyl sites for hydroxylation is 1. The highest BCUT2D eigenvalue weighted by atomic mass is 16.5. The summed E-state index contributed by atoms with van der Waals surface area (Å²) in [7, 11) is 1.68. The van der Waals surface area contributed by atoms with Crippen molar-refractivity contribution in [2.45, 2.75) is 38.6 Å². The van der Waals surface area contributed by atoms with E-state index in [1.54, 1.807) is 7.11 Å². The normalized spacial score (nSPS) is 15.7. The molecule has 1 aromatic carbocycles. The molecule has 0 spiro atoms. The second kappa shape index (κ2) is 7.46. The van der Waals surface area contributed by atoms with Gasteiger partial charge in [-0.15, -0.1) is 0 Å². The second-order valence-electron chi connectivity index (χ2n) is 5.90. The first-order valence-corrected chi connectivity index (χ1v) is 7.74. The Hall–Kier alpha value is -1.55. The number of amides is 1. The third-order valence-corrected chi connectivity index (χ3v) is 4.26. The SMILES string of the molecule is COCCN(C(=O)CCc1ccc(N)cc1)C(C)C1CC1. The Morgan fingerprint density at radius 2 is 2.05 bits per heavy atom. The first kappa shape index (κ1) is 15.8. The number of ether oxygens (including phenoxy) is 1. The molecule has 1 aliphatic carbocycles. The van der Waals surface area contributed by atoms with Gasteiger partial charge in [0.2, 0.25) is 5.91 Å². The fourth-order valence-electron chi connectivity index (χ4n) is 2.66. The molecule has 21 heavy (non-hydrogen) atoms. The number of nitrogens with zero attached hydrogens (tertiary/aromatic N) is 1. The molecule has 0 aromatic heterocycles. The molecule has 2 rings (SSSR count). The minimum Gasteiger partial charge on any atom is -0.399 e. The van der Waals surface area contributed by atoms with E-state index >= 15 is 0 Å². The lowest BCUT2D eigenvalue weighted by Gasteiger charge is -2.29. The maximum atomic E-state index is 12.5. The first-order valence-electron chi connectivity index (χ1n) is 7.74. The Morgan fingerprint density at radius 3 is 2.62 bits per heavy atom. The summed E-state index contributed by atoms with van der Waals surface area (Å²) in [6.07, 6.45) is 3.80. The molecule has 4 nitrogen and oxygen atoms in total. The molecule has 1 atom stereocenters. The van der Waals surface area contributed by atoms with E-state index in [9.17, 15) is 4.79 Å². The van der Waals surface area contributed by atoms with Gasteiger partial charge in [-0.25, -0.2) is 0 Å². The van der Waals surface area contributed by atoms with Crippen molar-refractivity contribution in [3.63, 3.8) is 0 Å². The number of rotatable bonds is 8. The Balaban J connectivity index is 1.89. The number of hydrogen-bond acceptors (Lipinski definition) is 3. The van der Waals surface area contributed by atoms with Gasteiger partial charge in [0, 0.05) is 31.8 Å². The summed E-state index contributed by atoms with van der Waals surface area (Å²) in [5.74, 6) is 0.908. The van der Waals surface area contributed by atoms with Gasteiger partial charge in [0.1, 0.15) is 0 Å². The number of benzene rings is 1. The largest absolute Gasteiger partial charge is 0.399 e. The zero-order valence-electron chi connectivity index (χ0n) is 13.0. The highest BCUT2D eigenvalue weighted by Crippen LogP contribution is 2.35. The van der Waals surface area contributed by atoms with Crippen LogP contribution in [0.5, 0.6) is 0 Å². The van der Waals surface area contributed by atoms with Crippen LogP contribution in [0.4, 0.5) is 5.69 Å². The van der Waals surface area contributed by atoms with Gasteiger partial charge in [-0.1, -0.05) is 12.1 Å². The zero-order valence-corrected chi connectivity index (χ0v) is 13.0. The minimum atomic E-state index is 0.225. The lowest BCUT2D eigenvalue weighted by atomic mass is 10.1. The molecule has 1 amide bonds. The maximum Gasteiger partial charge on any atom is 0.223 e. The summed E-state index contributed by atoms with van der Waals surface area (Å²) < 4.78 is 5.14. The molecule has 1 unspecified atom stereocenters. The summed E-state index contributed by atoms with van der Waals surface area (Å²) in [5, 5.41) is 0. The average molecular weight is 290 g/mol. The Bertz CT molecular complexity index is 454. The molecule has 0 saturated heterocycles. The van der Waals surface area contributed by atoms with Crippen molar-refractivity contribution in [1.82, 2.24) is 4.90 Å². The topological polar surface area (TPSA) is 55.6 Å². The number of hydrogen-bond donors (Lipinski definition) is 1. The third kappa shape index (κ3) is 4.74. The van der Waals surface area contributed by atoms with E-state index in [-0.39, 0.29) is 5.91 Å². The van der Waals surface area contributed by atoms with E-state index in [2.05, 4.69) is 6.92 Å². The van der Waals surface area contributed by atoms with E-state index in [1.165, 1.54) is 12.8 Å². The molecule has 1 aromatic rings. The van der Waals surface area contributed by atoms with Crippen LogP contribution < -0.4 is 5.73 Å². The van der Waals surface area contributed by atoms with Crippen LogP contribution in [0, 0.1) is 5.92 Å². The van der Waals surface area contributed by atoms with E-state index < -0.39 is 0 Å².